The smallest absolute Gasteiger partial charge is 0.261 e. The van der Waals surface area contributed by atoms with Crippen molar-refractivity contribution in [2.24, 2.45) is 5.92 Å². The number of hydrogen-bond acceptors (Lipinski definition) is 9. The molecule has 40 heavy (non-hydrogen) atoms. The Morgan fingerprint density at radius 3 is 2.75 bits per heavy atom. The molecule has 0 bridgehead atoms. The standard InChI is InChI=1S/C29H31FN8O2/c30-23-11-19(17-6-7-17)10-18-8-9-38(27(40)25(18)23)24-3-1-2-21(22(24)15-39)26-35-28(32)37-29(36-26)34-20(12-31)14-33-13-16-4-5-16/h1-3,10-12,14,16-17,31,33,39H,4-9,13,15H2,(H3,32,34,35,36,37)/b20-14+,31-12?. The van der Waals surface area contributed by atoms with Crippen LogP contribution in [0.1, 0.15) is 58.6 Å². The first-order chi connectivity index (χ1) is 19.4. The average Bonchev–Trinajstić information content (AvgIpc) is 3.86. The zero-order valence-electron chi connectivity index (χ0n) is 22.0. The van der Waals surface area contributed by atoms with Gasteiger partial charge in [0.2, 0.25) is 11.9 Å². The number of anilines is 3. The SMILES string of the molecule is N=C/C(=C\NCC1CC1)Nc1nc(N)nc(-c2cccc(N3CCc4cc(C5CC5)cc(F)c4C3=O)c2CO)n1. The van der Waals surface area contributed by atoms with Crippen LogP contribution in [0.4, 0.5) is 22.0 Å². The molecule has 3 aromatic rings. The van der Waals surface area contributed by atoms with Gasteiger partial charge in [-0.1, -0.05) is 18.2 Å². The van der Waals surface area contributed by atoms with Gasteiger partial charge >= 0.3 is 0 Å². The summed E-state index contributed by atoms with van der Waals surface area (Å²) < 4.78 is 15.2. The molecule has 0 saturated heterocycles. The van der Waals surface area contributed by atoms with Crippen LogP contribution in [0.15, 0.2) is 42.2 Å². The molecule has 10 nitrogen and oxygen atoms in total. The Morgan fingerprint density at radius 1 is 1.20 bits per heavy atom. The van der Waals surface area contributed by atoms with Gasteiger partial charge in [0.15, 0.2) is 5.82 Å². The van der Waals surface area contributed by atoms with Crippen LogP contribution in [0, 0.1) is 17.1 Å². The predicted octanol–water partition coefficient (Wildman–Crippen LogP) is 3.73. The topological polar surface area (TPSA) is 153 Å². The molecule has 6 rings (SSSR count). The Balaban J connectivity index is 1.30. The Kier molecular flexibility index (Phi) is 6.89. The fourth-order valence-electron chi connectivity index (χ4n) is 5.15. The summed E-state index contributed by atoms with van der Waals surface area (Å²) in [5.41, 5.74) is 9.56. The highest BCUT2D eigenvalue weighted by Crippen LogP contribution is 2.42. The number of allylic oxidation sites excluding steroid dienone is 1. The average molecular weight is 543 g/mol. The third kappa shape index (κ3) is 5.24. The molecule has 2 aromatic carbocycles. The number of hydrogen-bond donors (Lipinski definition) is 5. The minimum Gasteiger partial charge on any atom is -0.392 e. The summed E-state index contributed by atoms with van der Waals surface area (Å²) in [6, 6.07) is 8.64. The highest BCUT2D eigenvalue weighted by molar-refractivity contribution is 6.09. The lowest BCUT2D eigenvalue weighted by molar-refractivity contribution is 0.0976. The van der Waals surface area contributed by atoms with Gasteiger partial charge in [-0.2, -0.15) is 15.0 Å². The van der Waals surface area contributed by atoms with E-state index in [1.54, 1.807) is 24.4 Å². The van der Waals surface area contributed by atoms with Crippen molar-refractivity contribution < 1.29 is 14.3 Å². The predicted molar refractivity (Wildman–Crippen MR) is 151 cm³/mol. The number of halogens is 1. The molecule has 0 spiro atoms. The number of amides is 1. The highest BCUT2D eigenvalue weighted by atomic mass is 19.1. The van der Waals surface area contributed by atoms with Gasteiger partial charge in [-0.3, -0.25) is 4.79 Å². The molecule has 1 aromatic heterocycles. The minimum absolute atomic E-state index is 0.0476. The molecule has 1 amide bonds. The van der Waals surface area contributed by atoms with Gasteiger partial charge in [0.1, 0.15) is 5.82 Å². The van der Waals surface area contributed by atoms with Gasteiger partial charge in [-0.15, -0.1) is 0 Å². The lowest BCUT2D eigenvalue weighted by Gasteiger charge is -2.31. The van der Waals surface area contributed by atoms with Gasteiger partial charge in [0.05, 0.1) is 23.6 Å². The van der Waals surface area contributed by atoms with E-state index in [1.807, 2.05) is 6.07 Å². The number of carbonyl (C=O) groups excluding carboxylic acids is 1. The van der Waals surface area contributed by atoms with Crippen LogP contribution in [0.5, 0.6) is 0 Å². The molecule has 2 heterocycles. The van der Waals surface area contributed by atoms with E-state index >= 15 is 4.39 Å². The number of nitrogens with two attached hydrogens (primary N) is 1. The fraction of sp³-hybridized carbons (Fsp3) is 0.345. The molecular formula is C29H31FN8O2. The van der Waals surface area contributed by atoms with Gasteiger partial charge < -0.3 is 31.8 Å². The molecule has 2 fully saturated rings. The van der Waals surface area contributed by atoms with E-state index in [1.165, 1.54) is 23.8 Å². The van der Waals surface area contributed by atoms with E-state index in [0.717, 1.165) is 36.7 Å². The Bertz CT molecular complexity index is 1520. The van der Waals surface area contributed by atoms with Crippen molar-refractivity contribution in [2.45, 2.75) is 44.6 Å². The molecule has 0 unspecified atom stereocenters. The summed E-state index contributed by atoms with van der Waals surface area (Å²) in [5, 5.41) is 24.3. The van der Waals surface area contributed by atoms with Crippen molar-refractivity contribution in [1.29, 1.82) is 5.41 Å². The van der Waals surface area contributed by atoms with Crippen LogP contribution in [0.2, 0.25) is 0 Å². The molecule has 0 radical (unpaired) electrons. The van der Waals surface area contributed by atoms with Gasteiger partial charge in [0, 0.05) is 36.6 Å². The quantitative estimate of drug-likeness (QED) is 0.243. The van der Waals surface area contributed by atoms with Crippen molar-refractivity contribution >= 4 is 29.7 Å². The van der Waals surface area contributed by atoms with E-state index in [4.69, 9.17) is 11.1 Å². The maximum atomic E-state index is 15.2. The van der Waals surface area contributed by atoms with Crippen LogP contribution in [-0.4, -0.2) is 45.3 Å². The zero-order valence-corrected chi connectivity index (χ0v) is 22.0. The summed E-state index contributed by atoms with van der Waals surface area (Å²) in [6.07, 6.45) is 7.87. The van der Waals surface area contributed by atoms with E-state index in [0.29, 0.717) is 47.3 Å². The number of aliphatic hydroxyl groups excluding tert-OH is 1. The number of aromatic nitrogens is 3. The second-order valence-corrected chi connectivity index (χ2v) is 10.5. The van der Waals surface area contributed by atoms with Gasteiger partial charge in [-0.05, 0) is 67.2 Å². The van der Waals surface area contributed by atoms with Crippen molar-refractivity contribution in [3.05, 3.63) is 70.3 Å². The van der Waals surface area contributed by atoms with Crippen LogP contribution in [-0.2, 0) is 13.0 Å². The summed E-state index contributed by atoms with van der Waals surface area (Å²) in [4.78, 5) is 28.0. The van der Waals surface area contributed by atoms with E-state index in [9.17, 15) is 9.90 Å². The molecule has 2 saturated carbocycles. The summed E-state index contributed by atoms with van der Waals surface area (Å²) in [7, 11) is 0. The number of carbonyl (C=O) groups is 1. The number of benzene rings is 2. The highest BCUT2D eigenvalue weighted by Gasteiger charge is 2.33. The van der Waals surface area contributed by atoms with E-state index in [-0.39, 0.29) is 23.3 Å². The normalized spacial score (nSPS) is 17.0. The molecule has 6 N–H and O–H groups in total. The van der Waals surface area contributed by atoms with E-state index in [2.05, 4.69) is 25.6 Å². The number of nitrogens with zero attached hydrogens (tertiary/aromatic N) is 4. The fourth-order valence-corrected chi connectivity index (χ4v) is 5.15. The lowest BCUT2D eigenvalue weighted by atomic mass is 9.93. The first-order valence-electron chi connectivity index (χ1n) is 13.5. The number of aliphatic hydroxyl groups is 1. The number of nitrogen functional groups attached to an aromatic ring is 1. The third-order valence-electron chi connectivity index (χ3n) is 7.57. The Morgan fingerprint density at radius 2 is 2.02 bits per heavy atom. The molecule has 206 valence electrons. The van der Waals surface area contributed by atoms with Gasteiger partial charge in [0.25, 0.3) is 5.91 Å². The molecule has 11 heteroatoms. The third-order valence-corrected chi connectivity index (χ3v) is 7.57. The molecule has 0 atom stereocenters. The molecule has 2 aliphatic carbocycles. The second-order valence-electron chi connectivity index (χ2n) is 10.5. The van der Waals surface area contributed by atoms with Crippen LogP contribution in [0.3, 0.4) is 0 Å². The van der Waals surface area contributed by atoms with Crippen molar-refractivity contribution in [1.82, 2.24) is 20.3 Å². The molecular weight excluding hydrogens is 511 g/mol. The zero-order chi connectivity index (χ0) is 27.8. The van der Waals surface area contributed by atoms with Gasteiger partial charge in [-0.25, -0.2) is 4.39 Å². The minimum atomic E-state index is -0.501. The maximum Gasteiger partial charge on any atom is 0.261 e. The van der Waals surface area contributed by atoms with Crippen LogP contribution >= 0.6 is 0 Å². The van der Waals surface area contributed by atoms with E-state index < -0.39 is 18.3 Å². The summed E-state index contributed by atoms with van der Waals surface area (Å²) in [6.45, 7) is 0.779. The first kappa shape index (κ1) is 25.9. The second kappa shape index (κ2) is 10.6. The number of fused-ring (bicyclic) bond motifs is 1. The van der Waals surface area contributed by atoms with Crippen molar-refractivity contribution in [3.63, 3.8) is 0 Å². The maximum absolute atomic E-state index is 15.2. The molecule has 3 aliphatic rings. The monoisotopic (exact) mass is 542 g/mol. The largest absolute Gasteiger partial charge is 0.392 e. The number of nitrogens with one attached hydrogen (secondary N) is 3. The summed E-state index contributed by atoms with van der Waals surface area (Å²) in [5.74, 6) is 0.403. The van der Waals surface area contributed by atoms with Crippen LogP contribution in [0.25, 0.3) is 11.4 Å². The number of rotatable bonds is 10. The van der Waals surface area contributed by atoms with Crippen molar-refractivity contribution in [3.8, 4) is 11.4 Å². The lowest BCUT2D eigenvalue weighted by Crippen LogP contribution is -2.39. The Labute approximate surface area is 231 Å². The van der Waals surface area contributed by atoms with Crippen molar-refractivity contribution in [2.75, 3.05) is 29.0 Å². The molecule has 1 aliphatic heterocycles. The Hall–Kier alpha value is -4.38. The van der Waals surface area contributed by atoms with Crippen LogP contribution < -0.4 is 21.3 Å². The first-order valence-corrected chi connectivity index (χ1v) is 13.5. The summed E-state index contributed by atoms with van der Waals surface area (Å²) >= 11 is 0.